The van der Waals surface area contributed by atoms with Gasteiger partial charge >= 0.3 is 12.3 Å². The van der Waals surface area contributed by atoms with E-state index in [9.17, 15) is 27.6 Å². The van der Waals surface area contributed by atoms with Crippen LogP contribution >= 0.6 is 11.6 Å². The van der Waals surface area contributed by atoms with Crippen LogP contribution in [0.3, 0.4) is 0 Å². The Balaban J connectivity index is 1.55. The SMILES string of the molecule is N#Cc1cc(C(=O)O)c(F)cc1OCC1CCN(Cc2cc(Cl)cc(OC(F)(F)F)c2)CC1. The van der Waals surface area contributed by atoms with Gasteiger partial charge in [-0.05, 0) is 61.7 Å². The maximum atomic E-state index is 13.9. The third-order valence-electron chi connectivity index (χ3n) is 5.17. The fraction of sp³-hybridized carbons (Fsp3) is 0.364. The van der Waals surface area contributed by atoms with Crippen LogP contribution in [0, 0.1) is 23.1 Å². The van der Waals surface area contributed by atoms with Crippen molar-refractivity contribution in [2.24, 2.45) is 5.92 Å². The number of hydrogen-bond acceptors (Lipinski definition) is 5. The van der Waals surface area contributed by atoms with Crippen molar-refractivity contribution in [3.63, 3.8) is 0 Å². The molecule has 1 aliphatic rings. The number of carboxylic acids is 1. The number of halogens is 5. The molecule has 0 radical (unpaired) electrons. The van der Waals surface area contributed by atoms with Crippen LogP contribution in [-0.4, -0.2) is 42.0 Å². The molecule has 0 bridgehead atoms. The number of piperidine rings is 1. The van der Waals surface area contributed by atoms with Crippen LogP contribution < -0.4 is 9.47 Å². The molecule has 2 aromatic carbocycles. The molecular weight excluding hydrogens is 468 g/mol. The summed E-state index contributed by atoms with van der Waals surface area (Å²) in [5.41, 5.74) is -0.0785. The van der Waals surface area contributed by atoms with Gasteiger partial charge in [0.1, 0.15) is 23.4 Å². The Morgan fingerprint density at radius 1 is 1.21 bits per heavy atom. The van der Waals surface area contributed by atoms with E-state index in [4.69, 9.17) is 21.4 Å². The van der Waals surface area contributed by atoms with Gasteiger partial charge in [-0.25, -0.2) is 9.18 Å². The Labute approximate surface area is 191 Å². The standard InChI is InChI=1S/C22H19ClF4N2O4/c23-16-5-14(6-17(8-16)33-22(25,26)27)11-29-3-1-13(2-4-29)12-32-20-9-19(24)18(21(30)31)7-15(20)10-28/h5-9,13H,1-4,11-12H2,(H,30,31). The highest BCUT2D eigenvalue weighted by Crippen LogP contribution is 2.29. The van der Waals surface area contributed by atoms with E-state index in [1.807, 2.05) is 6.07 Å². The smallest absolute Gasteiger partial charge is 0.492 e. The van der Waals surface area contributed by atoms with Gasteiger partial charge in [0, 0.05) is 17.6 Å². The van der Waals surface area contributed by atoms with Gasteiger partial charge in [-0.1, -0.05) is 11.6 Å². The maximum absolute atomic E-state index is 13.9. The lowest BCUT2D eigenvalue weighted by Crippen LogP contribution is -2.35. The zero-order chi connectivity index (χ0) is 24.2. The van der Waals surface area contributed by atoms with Crippen molar-refractivity contribution in [3.8, 4) is 17.6 Å². The fourth-order valence-electron chi connectivity index (χ4n) is 3.61. The minimum absolute atomic E-state index is 0.0152. The highest BCUT2D eigenvalue weighted by atomic mass is 35.5. The van der Waals surface area contributed by atoms with Gasteiger partial charge in [-0.3, -0.25) is 4.90 Å². The molecule has 0 spiro atoms. The highest BCUT2D eigenvalue weighted by molar-refractivity contribution is 6.30. The first-order valence-corrected chi connectivity index (χ1v) is 10.3. The number of rotatable bonds is 7. The second-order valence-electron chi connectivity index (χ2n) is 7.62. The third-order valence-corrected chi connectivity index (χ3v) is 5.39. The molecule has 2 aromatic rings. The average molecular weight is 487 g/mol. The van der Waals surface area contributed by atoms with E-state index in [0.29, 0.717) is 38.0 Å². The summed E-state index contributed by atoms with van der Waals surface area (Å²) in [4.78, 5) is 13.1. The van der Waals surface area contributed by atoms with Gasteiger partial charge in [-0.2, -0.15) is 5.26 Å². The van der Waals surface area contributed by atoms with E-state index in [0.717, 1.165) is 18.2 Å². The molecule has 6 nitrogen and oxygen atoms in total. The minimum atomic E-state index is -4.80. The Morgan fingerprint density at radius 3 is 2.52 bits per heavy atom. The summed E-state index contributed by atoms with van der Waals surface area (Å²) < 4.78 is 60.9. The number of likely N-dealkylation sites (tertiary alicyclic amines) is 1. The molecule has 1 fully saturated rings. The molecule has 33 heavy (non-hydrogen) atoms. The van der Waals surface area contributed by atoms with Crippen molar-refractivity contribution in [1.82, 2.24) is 4.90 Å². The molecule has 3 rings (SSSR count). The molecular formula is C22H19ClF4N2O4. The van der Waals surface area contributed by atoms with E-state index in [2.05, 4.69) is 9.64 Å². The lowest BCUT2D eigenvalue weighted by molar-refractivity contribution is -0.274. The number of aromatic carboxylic acids is 1. The Kier molecular flexibility index (Phi) is 7.66. The molecule has 0 aromatic heterocycles. The monoisotopic (exact) mass is 486 g/mol. The molecule has 0 atom stereocenters. The van der Waals surface area contributed by atoms with Crippen LogP contribution in [0.2, 0.25) is 5.02 Å². The van der Waals surface area contributed by atoms with E-state index in [-0.39, 0.29) is 34.6 Å². The van der Waals surface area contributed by atoms with Gasteiger partial charge in [0.05, 0.1) is 17.7 Å². The number of nitrogens with zero attached hydrogens (tertiary/aromatic N) is 2. The summed E-state index contributed by atoms with van der Waals surface area (Å²) in [6.07, 6.45) is -3.38. The van der Waals surface area contributed by atoms with E-state index in [1.165, 1.54) is 6.07 Å². The van der Waals surface area contributed by atoms with Crippen LogP contribution in [0.5, 0.6) is 11.5 Å². The van der Waals surface area contributed by atoms with Crippen molar-refractivity contribution >= 4 is 17.6 Å². The third kappa shape index (κ3) is 6.97. The molecule has 0 aliphatic carbocycles. The lowest BCUT2D eigenvalue weighted by atomic mass is 9.97. The Bertz CT molecular complexity index is 1060. The van der Waals surface area contributed by atoms with E-state index < -0.39 is 23.7 Å². The van der Waals surface area contributed by atoms with Gasteiger partial charge in [0.25, 0.3) is 0 Å². The Hall–Kier alpha value is -3.03. The molecule has 1 heterocycles. The van der Waals surface area contributed by atoms with Crippen molar-refractivity contribution < 1.29 is 36.9 Å². The molecule has 0 amide bonds. The normalized spacial score (nSPS) is 15.2. The zero-order valence-electron chi connectivity index (χ0n) is 17.2. The first-order valence-electron chi connectivity index (χ1n) is 9.91. The second-order valence-corrected chi connectivity index (χ2v) is 8.06. The summed E-state index contributed by atoms with van der Waals surface area (Å²) in [6, 6.07) is 7.63. The average Bonchev–Trinajstić information content (AvgIpc) is 2.71. The van der Waals surface area contributed by atoms with Crippen molar-refractivity contribution in [2.75, 3.05) is 19.7 Å². The van der Waals surface area contributed by atoms with Crippen LogP contribution in [0.1, 0.15) is 34.3 Å². The predicted molar refractivity (Wildman–Crippen MR) is 110 cm³/mol. The number of nitriles is 1. The Morgan fingerprint density at radius 2 is 1.91 bits per heavy atom. The second kappa shape index (κ2) is 10.3. The molecule has 176 valence electrons. The first kappa shape index (κ1) is 24.6. The van der Waals surface area contributed by atoms with Crippen LogP contribution in [0.15, 0.2) is 30.3 Å². The minimum Gasteiger partial charge on any atom is -0.492 e. The zero-order valence-corrected chi connectivity index (χ0v) is 17.9. The lowest BCUT2D eigenvalue weighted by Gasteiger charge is -2.32. The maximum Gasteiger partial charge on any atom is 0.573 e. The fourth-order valence-corrected chi connectivity index (χ4v) is 3.86. The first-order chi connectivity index (χ1) is 15.5. The van der Waals surface area contributed by atoms with Crippen LogP contribution in [-0.2, 0) is 6.54 Å². The predicted octanol–water partition coefficient (Wildman–Crippen LogP) is 5.24. The van der Waals surface area contributed by atoms with Crippen LogP contribution in [0.25, 0.3) is 0 Å². The molecule has 1 N–H and O–H groups in total. The van der Waals surface area contributed by atoms with Gasteiger partial charge in [-0.15, -0.1) is 13.2 Å². The van der Waals surface area contributed by atoms with Gasteiger partial charge in [0.2, 0.25) is 0 Å². The topological polar surface area (TPSA) is 82.8 Å². The van der Waals surface area contributed by atoms with Gasteiger partial charge < -0.3 is 14.6 Å². The highest BCUT2D eigenvalue weighted by Gasteiger charge is 2.31. The number of ether oxygens (including phenoxy) is 2. The molecule has 0 unspecified atom stereocenters. The number of alkyl halides is 3. The molecule has 1 saturated heterocycles. The summed E-state index contributed by atoms with van der Waals surface area (Å²) in [7, 11) is 0. The molecule has 11 heteroatoms. The number of carboxylic acid groups (broad SMARTS) is 1. The van der Waals surface area contributed by atoms with Crippen molar-refractivity contribution in [3.05, 3.63) is 57.9 Å². The van der Waals surface area contributed by atoms with Crippen LogP contribution in [0.4, 0.5) is 17.6 Å². The summed E-state index contributed by atoms with van der Waals surface area (Å²) in [5, 5.41) is 18.3. The van der Waals surface area contributed by atoms with E-state index >= 15 is 0 Å². The van der Waals surface area contributed by atoms with Gasteiger partial charge in [0.15, 0.2) is 0 Å². The molecule has 1 aliphatic heterocycles. The van der Waals surface area contributed by atoms with Crippen molar-refractivity contribution in [1.29, 1.82) is 5.26 Å². The number of hydrogen-bond donors (Lipinski definition) is 1. The molecule has 0 saturated carbocycles. The summed E-state index contributed by atoms with van der Waals surface area (Å²) in [6.45, 7) is 1.90. The van der Waals surface area contributed by atoms with Crippen molar-refractivity contribution in [2.45, 2.75) is 25.7 Å². The number of benzene rings is 2. The largest absolute Gasteiger partial charge is 0.573 e. The summed E-state index contributed by atoms with van der Waals surface area (Å²) >= 11 is 5.92. The summed E-state index contributed by atoms with van der Waals surface area (Å²) in [5.74, 6) is -2.73. The quantitative estimate of drug-likeness (QED) is 0.539. The van der Waals surface area contributed by atoms with E-state index in [1.54, 1.807) is 6.07 Å². The number of carbonyl (C=O) groups is 1.